The summed E-state index contributed by atoms with van der Waals surface area (Å²) in [4.78, 5) is 10.6. The molecule has 0 aliphatic carbocycles. The van der Waals surface area contributed by atoms with E-state index in [-0.39, 0.29) is 10.8 Å². The Morgan fingerprint density at radius 2 is 2.00 bits per heavy atom. The fourth-order valence-electron chi connectivity index (χ4n) is 1.19. The summed E-state index contributed by atoms with van der Waals surface area (Å²) >= 11 is 4.47. The number of halogens is 3. The van der Waals surface area contributed by atoms with Crippen LogP contribution in [0.4, 0.5) is 18.9 Å². The van der Waals surface area contributed by atoms with E-state index in [0.717, 1.165) is 12.1 Å². The van der Waals surface area contributed by atoms with Crippen LogP contribution in [0.25, 0.3) is 0 Å². The number of nitrogens with two attached hydrogens (primary N) is 1. The highest BCUT2D eigenvalue weighted by atomic mass is 32.1. The lowest BCUT2D eigenvalue weighted by molar-refractivity contribution is -0.138. The Hall–Kier alpha value is -1.83. The number of anilines is 1. The first-order chi connectivity index (χ1) is 7.71. The van der Waals surface area contributed by atoms with Gasteiger partial charge in [0.2, 0.25) is 0 Å². The predicted molar refractivity (Wildman–Crippen MR) is 58.8 cm³/mol. The predicted octanol–water partition coefficient (Wildman–Crippen LogP) is 2.06. The fourth-order valence-corrected chi connectivity index (χ4v) is 1.30. The van der Waals surface area contributed by atoms with Gasteiger partial charge in [-0.05, 0) is 30.4 Å². The monoisotopic (exact) mass is 264 g/mol. The summed E-state index contributed by atoms with van der Waals surface area (Å²) in [6.07, 6.45) is -4.76. The standard InChI is InChI=1S/C9H7F3N2O2S/c10-9(11,12)6-3-4(14-8(13)17)1-2-5(6)7(15)16/h1-3H,(H,15,16)(H3,13,14,17). The highest BCUT2D eigenvalue weighted by molar-refractivity contribution is 7.80. The zero-order chi connectivity index (χ0) is 13.2. The van der Waals surface area contributed by atoms with E-state index in [9.17, 15) is 18.0 Å². The van der Waals surface area contributed by atoms with E-state index in [0.29, 0.717) is 6.07 Å². The lowest BCUT2D eigenvalue weighted by Crippen LogP contribution is -2.20. The molecule has 0 bridgehead atoms. The zero-order valence-electron chi connectivity index (χ0n) is 8.21. The van der Waals surface area contributed by atoms with Crippen molar-refractivity contribution in [2.75, 3.05) is 5.32 Å². The van der Waals surface area contributed by atoms with Crippen molar-refractivity contribution in [1.82, 2.24) is 0 Å². The number of nitrogens with one attached hydrogen (secondary N) is 1. The summed E-state index contributed by atoms with van der Waals surface area (Å²) in [6, 6.07) is 2.63. The molecule has 0 aliphatic heterocycles. The van der Waals surface area contributed by atoms with E-state index in [1.54, 1.807) is 0 Å². The van der Waals surface area contributed by atoms with Crippen LogP contribution in [0.5, 0.6) is 0 Å². The first kappa shape index (κ1) is 13.2. The molecule has 1 aromatic rings. The third-order valence-corrected chi connectivity index (χ3v) is 1.92. The quantitative estimate of drug-likeness (QED) is 0.713. The highest BCUT2D eigenvalue weighted by Crippen LogP contribution is 2.33. The molecule has 0 aromatic heterocycles. The molecule has 1 rings (SSSR count). The van der Waals surface area contributed by atoms with Crippen molar-refractivity contribution in [3.05, 3.63) is 29.3 Å². The maximum Gasteiger partial charge on any atom is 0.417 e. The molecule has 0 saturated heterocycles. The van der Waals surface area contributed by atoms with E-state index >= 15 is 0 Å². The van der Waals surface area contributed by atoms with Gasteiger partial charge in [0.25, 0.3) is 0 Å². The SMILES string of the molecule is NC(=S)Nc1ccc(C(=O)O)c(C(F)(F)F)c1. The Bertz CT molecular complexity index is 474. The molecule has 92 valence electrons. The molecule has 0 fully saturated rings. The minimum atomic E-state index is -4.76. The summed E-state index contributed by atoms with van der Waals surface area (Å²) < 4.78 is 37.7. The number of carboxylic acids is 1. The number of hydrogen-bond acceptors (Lipinski definition) is 2. The van der Waals surface area contributed by atoms with E-state index < -0.39 is 23.3 Å². The first-order valence-electron chi connectivity index (χ1n) is 4.23. The average molecular weight is 264 g/mol. The molecule has 1 aromatic carbocycles. The normalized spacial score (nSPS) is 11.0. The van der Waals surface area contributed by atoms with Crippen molar-refractivity contribution in [1.29, 1.82) is 0 Å². The molecule has 0 radical (unpaired) electrons. The maximum atomic E-state index is 12.6. The van der Waals surface area contributed by atoms with Crippen LogP contribution in [-0.4, -0.2) is 16.2 Å². The van der Waals surface area contributed by atoms with Crippen LogP contribution < -0.4 is 11.1 Å². The molecule has 0 heterocycles. The van der Waals surface area contributed by atoms with Gasteiger partial charge in [0.05, 0.1) is 11.1 Å². The van der Waals surface area contributed by atoms with E-state index in [1.165, 1.54) is 0 Å². The molecule has 0 atom stereocenters. The second-order valence-electron chi connectivity index (χ2n) is 3.05. The molecule has 17 heavy (non-hydrogen) atoms. The van der Waals surface area contributed by atoms with Gasteiger partial charge in [-0.25, -0.2) is 4.79 Å². The van der Waals surface area contributed by atoms with Crippen LogP contribution in [0.15, 0.2) is 18.2 Å². The van der Waals surface area contributed by atoms with Gasteiger partial charge in [0.1, 0.15) is 0 Å². The van der Waals surface area contributed by atoms with Gasteiger partial charge in [-0.3, -0.25) is 0 Å². The smallest absolute Gasteiger partial charge is 0.417 e. The number of carboxylic acid groups (broad SMARTS) is 1. The van der Waals surface area contributed by atoms with E-state index in [1.807, 2.05) is 0 Å². The molecule has 8 heteroatoms. The lowest BCUT2D eigenvalue weighted by Gasteiger charge is -2.12. The third-order valence-electron chi connectivity index (χ3n) is 1.82. The fraction of sp³-hybridized carbons (Fsp3) is 0.111. The first-order valence-corrected chi connectivity index (χ1v) is 4.63. The Labute approximate surface area is 99.2 Å². The van der Waals surface area contributed by atoms with Gasteiger partial charge in [-0.15, -0.1) is 0 Å². The summed E-state index contributed by atoms with van der Waals surface area (Å²) in [5.74, 6) is -1.65. The minimum absolute atomic E-state index is 0.0187. The molecule has 0 unspecified atom stereocenters. The minimum Gasteiger partial charge on any atom is -0.478 e. The van der Waals surface area contributed by atoms with Crippen LogP contribution in [-0.2, 0) is 6.18 Å². The number of carbonyl (C=O) groups is 1. The van der Waals surface area contributed by atoms with Gasteiger partial charge >= 0.3 is 12.1 Å². The van der Waals surface area contributed by atoms with Crippen LogP contribution in [0.3, 0.4) is 0 Å². The molecule has 0 amide bonds. The van der Waals surface area contributed by atoms with Crippen molar-refractivity contribution < 1.29 is 23.1 Å². The summed E-state index contributed by atoms with van der Waals surface area (Å²) in [5, 5.41) is 10.7. The van der Waals surface area contributed by atoms with Crippen LogP contribution in [0, 0.1) is 0 Å². The van der Waals surface area contributed by atoms with Crippen LogP contribution >= 0.6 is 12.2 Å². The number of rotatable bonds is 2. The summed E-state index contributed by atoms with van der Waals surface area (Å²) in [7, 11) is 0. The Balaban J connectivity index is 3.29. The zero-order valence-corrected chi connectivity index (χ0v) is 9.02. The lowest BCUT2D eigenvalue weighted by atomic mass is 10.1. The van der Waals surface area contributed by atoms with Gasteiger partial charge in [-0.2, -0.15) is 13.2 Å². The Morgan fingerprint density at radius 1 is 1.41 bits per heavy atom. The van der Waals surface area contributed by atoms with Crippen molar-refractivity contribution in [3.8, 4) is 0 Å². The van der Waals surface area contributed by atoms with Crippen molar-refractivity contribution in [2.45, 2.75) is 6.18 Å². The third kappa shape index (κ3) is 3.31. The molecule has 0 spiro atoms. The van der Waals surface area contributed by atoms with E-state index in [2.05, 4.69) is 17.5 Å². The molecule has 4 nitrogen and oxygen atoms in total. The Kier molecular flexibility index (Phi) is 3.56. The molecular formula is C9H7F3N2O2S. The molecule has 4 N–H and O–H groups in total. The largest absolute Gasteiger partial charge is 0.478 e. The van der Waals surface area contributed by atoms with E-state index in [4.69, 9.17) is 10.8 Å². The van der Waals surface area contributed by atoms with Gasteiger partial charge in [0, 0.05) is 5.69 Å². The number of thiocarbonyl (C=S) groups is 1. The second kappa shape index (κ2) is 4.58. The van der Waals surface area contributed by atoms with Gasteiger partial charge in [0.15, 0.2) is 5.11 Å². The number of alkyl halides is 3. The van der Waals surface area contributed by atoms with Gasteiger partial charge < -0.3 is 16.2 Å². The second-order valence-corrected chi connectivity index (χ2v) is 3.49. The van der Waals surface area contributed by atoms with Crippen LogP contribution in [0.1, 0.15) is 15.9 Å². The topological polar surface area (TPSA) is 75.3 Å². The number of hydrogen-bond donors (Lipinski definition) is 3. The van der Waals surface area contributed by atoms with Crippen molar-refractivity contribution >= 4 is 29.0 Å². The summed E-state index contributed by atoms with van der Waals surface area (Å²) in [6.45, 7) is 0. The number of aromatic carboxylic acids is 1. The number of benzene rings is 1. The van der Waals surface area contributed by atoms with Gasteiger partial charge in [-0.1, -0.05) is 0 Å². The molecule has 0 aliphatic rings. The van der Waals surface area contributed by atoms with Crippen LogP contribution in [0.2, 0.25) is 0 Å². The van der Waals surface area contributed by atoms with Crippen molar-refractivity contribution in [3.63, 3.8) is 0 Å². The summed E-state index contributed by atoms with van der Waals surface area (Å²) in [5.41, 5.74) is 3.00. The molecular weight excluding hydrogens is 257 g/mol. The average Bonchev–Trinajstić information content (AvgIpc) is 2.14. The van der Waals surface area contributed by atoms with Crippen molar-refractivity contribution in [2.24, 2.45) is 5.73 Å². The maximum absolute atomic E-state index is 12.6. The molecule has 0 saturated carbocycles. The Morgan fingerprint density at radius 3 is 2.41 bits per heavy atom. The highest BCUT2D eigenvalue weighted by Gasteiger charge is 2.35.